The van der Waals surface area contributed by atoms with Crippen molar-refractivity contribution in [3.8, 4) is 0 Å². The van der Waals surface area contributed by atoms with Crippen molar-refractivity contribution < 1.29 is 23.9 Å². The molecule has 1 aliphatic rings. The van der Waals surface area contributed by atoms with E-state index < -0.39 is 18.0 Å². The summed E-state index contributed by atoms with van der Waals surface area (Å²) in [5, 5.41) is 1.17. The molecule has 1 saturated heterocycles. The maximum absolute atomic E-state index is 12.1. The van der Waals surface area contributed by atoms with Gasteiger partial charge in [-0.1, -0.05) is 18.2 Å². The Morgan fingerprint density at radius 3 is 2.76 bits per heavy atom. The Morgan fingerprint density at radius 1 is 1.38 bits per heavy atom. The summed E-state index contributed by atoms with van der Waals surface area (Å²) < 4.78 is 9.75. The fraction of sp³-hybridized carbons (Fsp3) is 0.357. The minimum Gasteiger partial charge on any atom is -0.469 e. The summed E-state index contributed by atoms with van der Waals surface area (Å²) >= 11 is 0. The largest absolute Gasteiger partial charge is 0.469 e. The number of hydrogen-bond donors (Lipinski definition) is 1. The van der Waals surface area contributed by atoms with Gasteiger partial charge in [0.15, 0.2) is 0 Å². The minimum atomic E-state index is -0.928. The normalized spacial score (nSPS) is 18.2. The Morgan fingerprint density at radius 2 is 2.10 bits per heavy atom. The van der Waals surface area contributed by atoms with Crippen LogP contribution >= 0.6 is 0 Å². The van der Waals surface area contributed by atoms with Crippen LogP contribution in [-0.2, 0) is 19.1 Å². The van der Waals surface area contributed by atoms with Gasteiger partial charge in [0.1, 0.15) is 6.10 Å². The second kappa shape index (κ2) is 6.85. The number of rotatable bonds is 4. The van der Waals surface area contributed by atoms with Crippen LogP contribution < -0.4 is 5.43 Å². The van der Waals surface area contributed by atoms with E-state index in [9.17, 15) is 14.4 Å². The molecule has 0 unspecified atom stereocenters. The number of nitrogens with one attached hydrogen (secondary N) is 1. The molecular weight excluding hydrogens is 276 g/mol. The lowest BCUT2D eigenvalue weighted by atomic mass is 10.2. The van der Waals surface area contributed by atoms with Crippen molar-refractivity contribution >= 4 is 17.8 Å². The van der Waals surface area contributed by atoms with Gasteiger partial charge in [0.05, 0.1) is 26.7 Å². The van der Waals surface area contributed by atoms with Crippen molar-refractivity contribution in [1.29, 1.82) is 0 Å². The summed E-state index contributed by atoms with van der Waals surface area (Å²) in [4.78, 5) is 35.3. The Labute approximate surface area is 121 Å². The molecule has 7 nitrogen and oxygen atoms in total. The van der Waals surface area contributed by atoms with Crippen LogP contribution in [-0.4, -0.2) is 49.2 Å². The lowest BCUT2D eigenvalue weighted by Crippen LogP contribution is -2.56. The summed E-state index contributed by atoms with van der Waals surface area (Å²) in [6, 6.07) is 8.55. The number of benzene rings is 1. The number of esters is 1. The zero-order valence-electron chi connectivity index (χ0n) is 11.6. The number of hydrazine groups is 1. The monoisotopic (exact) mass is 292 g/mol. The highest BCUT2D eigenvalue weighted by Gasteiger charge is 2.32. The molecule has 2 rings (SSSR count). The van der Waals surface area contributed by atoms with Gasteiger partial charge in [-0.3, -0.25) is 19.8 Å². The van der Waals surface area contributed by atoms with Crippen molar-refractivity contribution in [3.05, 3.63) is 35.9 Å². The number of nitrogens with zero attached hydrogens (tertiary/aromatic N) is 1. The van der Waals surface area contributed by atoms with Crippen LogP contribution in [0.5, 0.6) is 0 Å². The Hall–Kier alpha value is -2.41. The summed E-state index contributed by atoms with van der Waals surface area (Å²) in [7, 11) is 1.24. The van der Waals surface area contributed by atoms with Crippen molar-refractivity contribution in [3.63, 3.8) is 0 Å². The molecule has 1 aromatic carbocycles. The average Bonchev–Trinajstić information content (AvgIpc) is 2.52. The first kappa shape index (κ1) is 15.0. The zero-order chi connectivity index (χ0) is 15.2. The van der Waals surface area contributed by atoms with E-state index in [1.165, 1.54) is 12.1 Å². The van der Waals surface area contributed by atoms with Gasteiger partial charge in [-0.15, -0.1) is 0 Å². The molecule has 21 heavy (non-hydrogen) atoms. The first-order chi connectivity index (χ1) is 10.1. The maximum Gasteiger partial charge on any atom is 0.308 e. The lowest BCUT2D eigenvalue weighted by molar-refractivity contribution is -0.162. The van der Waals surface area contributed by atoms with Crippen LogP contribution in [0.25, 0.3) is 0 Å². The molecule has 0 aliphatic carbocycles. The first-order valence-electron chi connectivity index (χ1n) is 6.47. The standard InChI is InChI=1S/C14H16N2O5/c1-20-12(17)9-11-14(19)16(7-8-21-11)15-13(18)10-5-3-2-4-6-10/h2-6,11H,7-9H2,1H3,(H,15,18)/t11-/m1/s1. The number of morpholine rings is 1. The molecular formula is C14H16N2O5. The SMILES string of the molecule is COC(=O)C[C@H]1OCCN(NC(=O)c2ccccc2)C1=O. The highest BCUT2D eigenvalue weighted by molar-refractivity contribution is 5.96. The van der Waals surface area contributed by atoms with E-state index in [1.807, 2.05) is 0 Å². The number of methoxy groups -OCH3 is 1. The topological polar surface area (TPSA) is 84.9 Å². The van der Waals surface area contributed by atoms with Crippen molar-refractivity contribution in [2.75, 3.05) is 20.3 Å². The van der Waals surface area contributed by atoms with Gasteiger partial charge in [-0.05, 0) is 12.1 Å². The van der Waals surface area contributed by atoms with Gasteiger partial charge < -0.3 is 9.47 Å². The third-order valence-corrected chi connectivity index (χ3v) is 3.03. The summed E-state index contributed by atoms with van der Waals surface area (Å²) in [5.41, 5.74) is 2.96. The highest BCUT2D eigenvalue weighted by Crippen LogP contribution is 2.10. The van der Waals surface area contributed by atoms with Gasteiger partial charge in [0, 0.05) is 5.56 Å². The van der Waals surface area contributed by atoms with E-state index in [0.29, 0.717) is 5.56 Å². The highest BCUT2D eigenvalue weighted by atomic mass is 16.5. The molecule has 0 radical (unpaired) electrons. The van der Waals surface area contributed by atoms with Crippen LogP contribution in [0.15, 0.2) is 30.3 Å². The predicted molar refractivity (Wildman–Crippen MR) is 72.0 cm³/mol. The molecule has 2 amide bonds. The van der Waals surface area contributed by atoms with E-state index in [2.05, 4.69) is 10.2 Å². The summed E-state index contributed by atoms with van der Waals surface area (Å²) in [6.07, 6.45) is -1.10. The lowest BCUT2D eigenvalue weighted by Gasteiger charge is -2.31. The zero-order valence-corrected chi connectivity index (χ0v) is 11.6. The van der Waals surface area contributed by atoms with Gasteiger partial charge in [-0.2, -0.15) is 0 Å². The third kappa shape index (κ3) is 3.79. The Kier molecular flexibility index (Phi) is 4.89. The minimum absolute atomic E-state index is 0.174. The van der Waals surface area contributed by atoms with Crippen LogP contribution in [0, 0.1) is 0 Å². The molecule has 1 heterocycles. The van der Waals surface area contributed by atoms with E-state index in [4.69, 9.17) is 4.74 Å². The average molecular weight is 292 g/mol. The van der Waals surface area contributed by atoms with E-state index >= 15 is 0 Å². The number of carbonyl (C=O) groups excluding carboxylic acids is 3. The Bertz CT molecular complexity index is 531. The molecule has 0 aromatic heterocycles. The van der Waals surface area contributed by atoms with Crippen LogP contribution in [0.3, 0.4) is 0 Å². The van der Waals surface area contributed by atoms with E-state index in [0.717, 1.165) is 0 Å². The summed E-state index contributed by atoms with van der Waals surface area (Å²) in [5.74, 6) is -1.39. The first-order valence-corrected chi connectivity index (χ1v) is 6.47. The molecule has 0 bridgehead atoms. The maximum atomic E-state index is 12.1. The number of amides is 2. The van der Waals surface area contributed by atoms with Gasteiger partial charge in [0.25, 0.3) is 11.8 Å². The van der Waals surface area contributed by atoms with Gasteiger partial charge >= 0.3 is 5.97 Å². The quantitative estimate of drug-likeness (QED) is 0.797. The number of hydrogen-bond acceptors (Lipinski definition) is 5. The molecule has 7 heteroatoms. The smallest absolute Gasteiger partial charge is 0.308 e. The molecule has 0 spiro atoms. The van der Waals surface area contributed by atoms with Gasteiger partial charge in [-0.25, -0.2) is 5.01 Å². The molecule has 112 valence electrons. The van der Waals surface area contributed by atoms with Crippen LogP contribution in [0.4, 0.5) is 0 Å². The van der Waals surface area contributed by atoms with Gasteiger partial charge in [0.2, 0.25) is 0 Å². The second-order valence-electron chi connectivity index (χ2n) is 4.44. The third-order valence-electron chi connectivity index (χ3n) is 3.03. The van der Waals surface area contributed by atoms with Crippen molar-refractivity contribution in [2.45, 2.75) is 12.5 Å². The molecule has 1 N–H and O–H groups in total. The summed E-state index contributed by atoms with van der Waals surface area (Å²) in [6.45, 7) is 0.470. The van der Waals surface area contributed by atoms with Crippen molar-refractivity contribution in [2.24, 2.45) is 0 Å². The number of carbonyl (C=O) groups is 3. The van der Waals surface area contributed by atoms with E-state index in [1.54, 1.807) is 30.3 Å². The van der Waals surface area contributed by atoms with Crippen LogP contribution in [0.2, 0.25) is 0 Å². The molecule has 1 aromatic rings. The van der Waals surface area contributed by atoms with E-state index in [-0.39, 0.29) is 25.5 Å². The van der Waals surface area contributed by atoms with Crippen molar-refractivity contribution in [1.82, 2.24) is 10.4 Å². The molecule has 1 fully saturated rings. The second-order valence-corrected chi connectivity index (χ2v) is 4.44. The fourth-order valence-electron chi connectivity index (χ4n) is 1.91. The fourth-order valence-corrected chi connectivity index (χ4v) is 1.91. The molecule has 0 saturated carbocycles. The predicted octanol–water partition coefficient (Wildman–Crippen LogP) is 0.122. The molecule has 1 aliphatic heterocycles. The number of ether oxygens (including phenoxy) is 2. The molecule has 1 atom stereocenters. The Balaban J connectivity index is 1.98. The van der Waals surface area contributed by atoms with Crippen LogP contribution in [0.1, 0.15) is 16.8 Å².